The Morgan fingerprint density at radius 1 is 1.56 bits per heavy atom. The number of amides is 1. The van der Waals surface area contributed by atoms with Crippen molar-refractivity contribution in [3.05, 3.63) is 23.2 Å². The van der Waals surface area contributed by atoms with Gasteiger partial charge in [-0.3, -0.25) is 4.79 Å². The van der Waals surface area contributed by atoms with Crippen LogP contribution in [-0.4, -0.2) is 19.1 Å². The predicted molar refractivity (Wildman–Crippen MR) is 74.1 cm³/mol. The number of benzene rings is 1. The number of hydrogen-bond acceptors (Lipinski definition) is 3. The highest BCUT2D eigenvalue weighted by Crippen LogP contribution is 2.27. The zero-order valence-electron chi connectivity index (χ0n) is 10.9. The molecule has 0 spiro atoms. The van der Waals surface area contributed by atoms with Crippen LogP contribution >= 0.6 is 11.6 Å². The molecule has 100 valence electrons. The maximum atomic E-state index is 11.9. The number of rotatable bonds is 5. The van der Waals surface area contributed by atoms with Crippen molar-refractivity contribution in [3.63, 3.8) is 0 Å². The van der Waals surface area contributed by atoms with Gasteiger partial charge in [-0.15, -0.1) is 0 Å². The van der Waals surface area contributed by atoms with E-state index < -0.39 is 6.04 Å². The van der Waals surface area contributed by atoms with Gasteiger partial charge in [-0.25, -0.2) is 0 Å². The van der Waals surface area contributed by atoms with Crippen LogP contribution in [-0.2, 0) is 4.79 Å². The summed E-state index contributed by atoms with van der Waals surface area (Å²) in [5, 5.41) is 3.20. The summed E-state index contributed by atoms with van der Waals surface area (Å²) in [6.45, 7) is 3.95. The Balaban J connectivity index is 2.73. The standard InChI is InChI=1S/C13H19ClN2O2/c1-4-8(2)12(15)13(17)16-9-5-6-11(18-3)10(14)7-9/h5-8,12H,4,15H2,1-3H3,(H,16,17)/t8-,12-/m0/s1. The fourth-order valence-corrected chi connectivity index (χ4v) is 1.74. The second kappa shape index (κ2) is 6.61. The summed E-state index contributed by atoms with van der Waals surface area (Å²) in [5.41, 5.74) is 6.46. The van der Waals surface area contributed by atoms with E-state index in [9.17, 15) is 4.79 Å². The van der Waals surface area contributed by atoms with Crippen molar-refractivity contribution < 1.29 is 9.53 Å². The first-order valence-corrected chi connectivity index (χ1v) is 6.27. The number of carbonyl (C=O) groups is 1. The van der Waals surface area contributed by atoms with Gasteiger partial charge in [0.05, 0.1) is 18.2 Å². The van der Waals surface area contributed by atoms with Gasteiger partial charge in [0.25, 0.3) is 0 Å². The Bertz CT molecular complexity index is 423. The second-order valence-corrected chi connectivity index (χ2v) is 4.66. The molecule has 0 saturated carbocycles. The molecule has 0 heterocycles. The SMILES string of the molecule is CC[C@H](C)[C@H](N)C(=O)Nc1ccc(OC)c(Cl)c1. The minimum Gasteiger partial charge on any atom is -0.495 e. The van der Waals surface area contributed by atoms with E-state index in [4.69, 9.17) is 22.1 Å². The van der Waals surface area contributed by atoms with Gasteiger partial charge in [0, 0.05) is 5.69 Å². The first kappa shape index (κ1) is 14.8. The van der Waals surface area contributed by atoms with E-state index in [2.05, 4.69) is 5.32 Å². The number of carbonyl (C=O) groups excluding carboxylic acids is 1. The number of nitrogens with one attached hydrogen (secondary N) is 1. The molecule has 4 nitrogen and oxygen atoms in total. The Labute approximate surface area is 112 Å². The number of nitrogens with two attached hydrogens (primary N) is 1. The molecule has 3 N–H and O–H groups in total. The molecule has 1 aromatic rings. The summed E-state index contributed by atoms with van der Waals surface area (Å²) in [7, 11) is 1.54. The van der Waals surface area contributed by atoms with Crippen LogP contribution in [0.4, 0.5) is 5.69 Å². The highest BCUT2D eigenvalue weighted by atomic mass is 35.5. The average molecular weight is 271 g/mol. The number of methoxy groups -OCH3 is 1. The van der Waals surface area contributed by atoms with E-state index in [1.165, 1.54) is 7.11 Å². The fourth-order valence-electron chi connectivity index (χ4n) is 1.48. The Morgan fingerprint density at radius 2 is 2.22 bits per heavy atom. The molecule has 0 saturated heterocycles. The molecule has 0 aliphatic heterocycles. The van der Waals surface area contributed by atoms with E-state index in [0.29, 0.717) is 16.5 Å². The van der Waals surface area contributed by atoms with Gasteiger partial charge in [-0.1, -0.05) is 31.9 Å². The van der Waals surface area contributed by atoms with Crippen molar-refractivity contribution >= 4 is 23.2 Å². The minimum absolute atomic E-state index is 0.138. The highest BCUT2D eigenvalue weighted by Gasteiger charge is 2.19. The molecule has 0 fully saturated rings. The molecule has 0 radical (unpaired) electrons. The predicted octanol–water partition coefficient (Wildman–Crippen LogP) is 2.66. The van der Waals surface area contributed by atoms with Gasteiger partial charge in [0.15, 0.2) is 0 Å². The summed E-state index contributed by atoms with van der Waals surface area (Å²) >= 11 is 5.97. The van der Waals surface area contributed by atoms with E-state index in [1.54, 1.807) is 18.2 Å². The van der Waals surface area contributed by atoms with Crippen LogP contribution in [0.15, 0.2) is 18.2 Å². The molecule has 5 heteroatoms. The molecular formula is C13H19ClN2O2. The Kier molecular flexibility index (Phi) is 5.44. The van der Waals surface area contributed by atoms with Gasteiger partial charge in [-0.2, -0.15) is 0 Å². The van der Waals surface area contributed by atoms with Crippen LogP contribution in [0.5, 0.6) is 5.75 Å². The monoisotopic (exact) mass is 270 g/mol. The van der Waals surface area contributed by atoms with E-state index in [0.717, 1.165) is 6.42 Å². The number of hydrogen-bond donors (Lipinski definition) is 2. The maximum Gasteiger partial charge on any atom is 0.241 e. The van der Waals surface area contributed by atoms with Crippen molar-refractivity contribution in [3.8, 4) is 5.75 Å². The zero-order chi connectivity index (χ0) is 13.7. The van der Waals surface area contributed by atoms with Gasteiger partial charge in [0.1, 0.15) is 5.75 Å². The third kappa shape index (κ3) is 3.62. The lowest BCUT2D eigenvalue weighted by Crippen LogP contribution is -2.40. The molecule has 0 bridgehead atoms. The van der Waals surface area contributed by atoms with Gasteiger partial charge in [-0.05, 0) is 24.1 Å². The van der Waals surface area contributed by atoms with Gasteiger partial charge < -0.3 is 15.8 Å². The molecule has 1 amide bonds. The lowest BCUT2D eigenvalue weighted by Gasteiger charge is -2.18. The Morgan fingerprint density at radius 3 is 2.72 bits per heavy atom. The molecule has 18 heavy (non-hydrogen) atoms. The third-order valence-electron chi connectivity index (χ3n) is 2.98. The lowest BCUT2D eigenvalue weighted by molar-refractivity contribution is -0.118. The summed E-state index contributed by atoms with van der Waals surface area (Å²) in [6.07, 6.45) is 0.859. The quantitative estimate of drug-likeness (QED) is 0.865. The molecule has 1 rings (SSSR count). The first-order chi connectivity index (χ1) is 8.49. The molecule has 0 aromatic heterocycles. The zero-order valence-corrected chi connectivity index (χ0v) is 11.6. The summed E-state index contributed by atoms with van der Waals surface area (Å²) in [4.78, 5) is 11.9. The van der Waals surface area contributed by atoms with Crippen molar-refractivity contribution in [1.29, 1.82) is 0 Å². The van der Waals surface area contributed by atoms with E-state index >= 15 is 0 Å². The molecule has 0 unspecified atom stereocenters. The number of ether oxygens (including phenoxy) is 1. The van der Waals surface area contributed by atoms with Crippen molar-refractivity contribution in [1.82, 2.24) is 0 Å². The normalized spacial score (nSPS) is 13.8. The smallest absolute Gasteiger partial charge is 0.241 e. The van der Waals surface area contributed by atoms with Crippen molar-refractivity contribution in [2.75, 3.05) is 12.4 Å². The largest absolute Gasteiger partial charge is 0.495 e. The summed E-state index contributed by atoms with van der Waals surface area (Å²) in [6, 6.07) is 4.55. The van der Waals surface area contributed by atoms with Crippen LogP contribution in [0.1, 0.15) is 20.3 Å². The summed E-state index contributed by atoms with van der Waals surface area (Å²) < 4.78 is 5.04. The van der Waals surface area contributed by atoms with Gasteiger partial charge in [0.2, 0.25) is 5.91 Å². The van der Waals surface area contributed by atoms with E-state index in [-0.39, 0.29) is 11.8 Å². The number of halogens is 1. The topological polar surface area (TPSA) is 64.4 Å². The van der Waals surface area contributed by atoms with Crippen LogP contribution in [0.3, 0.4) is 0 Å². The molecule has 0 aliphatic rings. The Hall–Kier alpha value is -1.26. The highest BCUT2D eigenvalue weighted by molar-refractivity contribution is 6.32. The first-order valence-electron chi connectivity index (χ1n) is 5.89. The molecule has 2 atom stereocenters. The average Bonchev–Trinajstić information content (AvgIpc) is 2.37. The van der Waals surface area contributed by atoms with Crippen molar-refractivity contribution in [2.24, 2.45) is 11.7 Å². The lowest BCUT2D eigenvalue weighted by atomic mass is 9.99. The maximum absolute atomic E-state index is 11.9. The van der Waals surface area contributed by atoms with E-state index in [1.807, 2.05) is 13.8 Å². The van der Waals surface area contributed by atoms with Crippen LogP contribution in [0.2, 0.25) is 5.02 Å². The fraction of sp³-hybridized carbons (Fsp3) is 0.462. The van der Waals surface area contributed by atoms with Crippen LogP contribution in [0.25, 0.3) is 0 Å². The van der Waals surface area contributed by atoms with Gasteiger partial charge >= 0.3 is 0 Å². The second-order valence-electron chi connectivity index (χ2n) is 4.25. The molecular weight excluding hydrogens is 252 g/mol. The minimum atomic E-state index is -0.518. The number of anilines is 1. The summed E-state index contributed by atoms with van der Waals surface area (Å²) in [5.74, 6) is 0.505. The van der Waals surface area contributed by atoms with Crippen LogP contribution in [0, 0.1) is 5.92 Å². The molecule has 0 aliphatic carbocycles. The molecule has 1 aromatic carbocycles. The van der Waals surface area contributed by atoms with Crippen LogP contribution < -0.4 is 15.8 Å². The third-order valence-corrected chi connectivity index (χ3v) is 3.27. The van der Waals surface area contributed by atoms with Crippen molar-refractivity contribution in [2.45, 2.75) is 26.3 Å².